The lowest BCUT2D eigenvalue weighted by atomic mass is 9.95. The maximum Gasteiger partial charge on any atom is 0.313 e. The molecule has 1 fully saturated rings. The van der Waals surface area contributed by atoms with Gasteiger partial charge in [-0.05, 0) is 25.0 Å². The highest BCUT2D eigenvalue weighted by Gasteiger charge is 2.21. The largest absolute Gasteiger partial charge is 0.421 e. The molecule has 1 aromatic heterocycles. The number of amides is 2. The minimum Gasteiger partial charge on any atom is -0.421 e. The number of benzene rings is 1. The predicted octanol–water partition coefficient (Wildman–Crippen LogP) is 2.43. The van der Waals surface area contributed by atoms with Gasteiger partial charge in [0.25, 0.3) is 0 Å². The van der Waals surface area contributed by atoms with Crippen molar-refractivity contribution in [1.29, 1.82) is 0 Å². The van der Waals surface area contributed by atoms with E-state index in [0.717, 1.165) is 25.7 Å². The first-order chi connectivity index (χ1) is 11.6. The molecule has 2 aromatic rings. The number of nitrogens with zero attached hydrogens (tertiary/aromatic N) is 2. The fourth-order valence-corrected chi connectivity index (χ4v) is 2.86. The maximum absolute atomic E-state index is 12.2. The van der Waals surface area contributed by atoms with E-state index in [-0.39, 0.29) is 6.04 Å². The van der Waals surface area contributed by atoms with Gasteiger partial charge in [0, 0.05) is 13.0 Å². The quantitative estimate of drug-likeness (QED) is 0.843. The number of para-hydroxylation sites is 1. The number of aromatic nitrogens is 2. The Morgan fingerprint density at radius 1 is 1.08 bits per heavy atom. The molecule has 0 unspecified atom stereocenters. The summed E-state index contributed by atoms with van der Waals surface area (Å²) in [4.78, 5) is 24.3. The van der Waals surface area contributed by atoms with Crippen LogP contribution in [0.5, 0.6) is 0 Å². The summed E-state index contributed by atoms with van der Waals surface area (Å²) >= 11 is 0. The summed E-state index contributed by atoms with van der Waals surface area (Å²) in [5.74, 6) is -0.570. The summed E-state index contributed by atoms with van der Waals surface area (Å²) in [5, 5.41) is 13.2. The first kappa shape index (κ1) is 16.2. The molecule has 1 saturated carbocycles. The second kappa shape index (κ2) is 7.25. The zero-order valence-electron chi connectivity index (χ0n) is 13.5. The van der Waals surface area contributed by atoms with Crippen molar-refractivity contribution in [2.24, 2.45) is 0 Å². The molecule has 0 spiro atoms. The van der Waals surface area contributed by atoms with Crippen LogP contribution in [-0.4, -0.2) is 28.1 Å². The number of rotatable bonds is 3. The van der Waals surface area contributed by atoms with Gasteiger partial charge in [0.2, 0.25) is 11.8 Å². The van der Waals surface area contributed by atoms with Gasteiger partial charge >= 0.3 is 11.8 Å². The van der Waals surface area contributed by atoms with E-state index in [2.05, 4.69) is 20.8 Å². The molecule has 0 bridgehead atoms. The molecular formula is C17H20N4O3. The zero-order valence-corrected chi connectivity index (χ0v) is 13.5. The van der Waals surface area contributed by atoms with Crippen molar-refractivity contribution in [1.82, 2.24) is 15.5 Å². The summed E-state index contributed by atoms with van der Waals surface area (Å²) < 4.78 is 5.40. The van der Waals surface area contributed by atoms with Gasteiger partial charge in [0.15, 0.2) is 0 Å². The normalized spacial score (nSPS) is 15.0. The molecule has 126 valence electrons. The SMILES string of the molecule is Cc1nnc(-c2ccccc2NC(=O)C(=O)NC2CCCCC2)o1. The Morgan fingerprint density at radius 2 is 1.83 bits per heavy atom. The van der Waals surface area contributed by atoms with Crippen LogP contribution < -0.4 is 10.6 Å². The third-order valence-electron chi connectivity index (χ3n) is 4.08. The lowest BCUT2D eigenvalue weighted by Crippen LogP contribution is -2.42. The molecule has 24 heavy (non-hydrogen) atoms. The van der Waals surface area contributed by atoms with Crippen LogP contribution in [-0.2, 0) is 9.59 Å². The number of hydrogen-bond acceptors (Lipinski definition) is 5. The lowest BCUT2D eigenvalue weighted by molar-refractivity contribution is -0.136. The Labute approximate surface area is 139 Å². The Hall–Kier alpha value is -2.70. The molecule has 2 N–H and O–H groups in total. The Morgan fingerprint density at radius 3 is 2.54 bits per heavy atom. The van der Waals surface area contributed by atoms with Crippen LogP contribution in [0.1, 0.15) is 38.0 Å². The van der Waals surface area contributed by atoms with Gasteiger partial charge in [-0.1, -0.05) is 31.4 Å². The van der Waals surface area contributed by atoms with Crippen LogP contribution in [0.4, 0.5) is 5.69 Å². The third-order valence-corrected chi connectivity index (χ3v) is 4.08. The standard InChI is InChI=1S/C17H20N4O3/c1-11-20-21-17(24-11)13-9-5-6-10-14(13)19-16(23)15(22)18-12-7-3-2-4-8-12/h5-6,9-10,12H,2-4,7-8H2,1H3,(H,18,22)(H,19,23). The molecule has 3 rings (SSSR count). The van der Waals surface area contributed by atoms with Gasteiger partial charge < -0.3 is 15.1 Å². The molecule has 1 aliphatic rings. The molecular weight excluding hydrogens is 308 g/mol. The van der Waals surface area contributed by atoms with Gasteiger partial charge in [-0.2, -0.15) is 0 Å². The summed E-state index contributed by atoms with van der Waals surface area (Å²) in [5.41, 5.74) is 1.04. The van der Waals surface area contributed by atoms with E-state index < -0.39 is 11.8 Å². The smallest absolute Gasteiger partial charge is 0.313 e. The fraction of sp³-hybridized carbons (Fsp3) is 0.412. The first-order valence-corrected chi connectivity index (χ1v) is 8.15. The third kappa shape index (κ3) is 3.79. The van der Waals surface area contributed by atoms with Crippen molar-refractivity contribution >= 4 is 17.5 Å². The van der Waals surface area contributed by atoms with Gasteiger partial charge in [-0.25, -0.2) is 0 Å². The first-order valence-electron chi connectivity index (χ1n) is 8.15. The molecule has 0 radical (unpaired) electrons. The number of nitrogens with one attached hydrogen (secondary N) is 2. The molecule has 2 amide bonds. The van der Waals surface area contributed by atoms with Crippen molar-refractivity contribution in [3.63, 3.8) is 0 Å². The van der Waals surface area contributed by atoms with E-state index in [1.165, 1.54) is 6.42 Å². The van der Waals surface area contributed by atoms with Crippen LogP contribution in [0, 0.1) is 6.92 Å². The highest BCUT2D eigenvalue weighted by molar-refractivity contribution is 6.40. The minimum atomic E-state index is -0.690. The average molecular weight is 328 g/mol. The van der Waals surface area contributed by atoms with Crippen molar-refractivity contribution in [2.75, 3.05) is 5.32 Å². The van der Waals surface area contributed by atoms with E-state index in [1.54, 1.807) is 31.2 Å². The van der Waals surface area contributed by atoms with Gasteiger partial charge in [0.05, 0.1) is 11.3 Å². The molecule has 0 atom stereocenters. The minimum absolute atomic E-state index is 0.0887. The average Bonchev–Trinajstić information content (AvgIpc) is 3.02. The van der Waals surface area contributed by atoms with E-state index >= 15 is 0 Å². The summed E-state index contributed by atoms with van der Waals surface area (Å²) in [6.07, 6.45) is 5.22. The Bertz CT molecular complexity index is 735. The van der Waals surface area contributed by atoms with Crippen LogP contribution in [0.2, 0.25) is 0 Å². The molecule has 0 aliphatic heterocycles. The van der Waals surface area contributed by atoms with Gasteiger partial charge in [-0.15, -0.1) is 10.2 Å². The molecule has 7 heteroatoms. The molecule has 7 nitrogen and oxygen atoms in total. The predicted molar refractivity (Wildman–Crippen MR) is 88.1 cm³/mol. The van der Waals surface area contributed by atoms with Crippen molar-refractivity contribution in [3.8, 4) is 11.5 Å². The van der Waals surface area contributed by atoms with Crippen LogP contribution in [0.3, 0.4) is 0 Å². The Kier molecular flexibility index (Phi) is 4.88. The van der Waals surface area contributed by atoms with E-state index in [9.17, 15) is 9.59 Å². The van der Waals surface area contributed by atoms with Crippen LogP contribution in [0.15, 0.2) is 28.7 Å². The summed E-state index contributed by atoms with van der Waals surface area (Å²) in [6.45, 7) is 1.69. The molecule has 1 aromatic carbocycles. The Balaban J connectivity index is 1.69. The number of carbonyl (C=O) groups excluding carboxylic acids is 2. The topological polar surface area (TPSA) is 97.1 Å². The summed E-state index contributed by atoms with van der Waals surface area (Å²) in [6, 6.07) is 7.10. The van der Waals surface area contributed by atoms with Crippen molar-refractivity contribution < 1.29 is 14.0 Å². The second-order valence-corrected chi connectivity index (χ2v) is 5.93. The highest BCUT2D eigenvalue weighted by Crippen LogP contribution is 2.26. The van der Waals surface area contributed by atoms with Crippen LogP contribution >= 0.6 is 0 Å². The van der Waals surface area contributed by atoms with Crippen molar-refractivity contribution in [3.05, 3.63) is 30.2 Å². The van der Waals surface area contributed by atoms with Gasteiger partial charge in [0.1, 0.15) is 0 Å². The van der Waals surface area contributed by atoms with E-state index in [1.807, 2.05) is 0 Å². The maximum atomic E-state index is 12.2. The summed E-state index contributed by atoms with van der Waals surface area (Å²) in [7, 11) is 0. The van der Waals surface area contributed by atoms with E-state index in [4.69, 9.17) is 4.42 Å². The molecule has 0 saturated heterocycles. The number of carbonyl (C=O) groups is 2. The zero-order chi connectivity index (χ0) is 16.9. The monoisotopic (exact) mass is 328 g/mol. The number of anilines is 1. The van der Waals surface area contributed by atoms with E-state index in [0.29, 0.717) is 23.0 Å². The van der Waals surface area contributed by atoms with Crippen molar-refractivity contribution in [2.45, 2.75) is 45.1 Å². The van der Waals surface area contributed by atoms with Gasteiger partial charge in [-0.3, -0.25) is 9.59 Å². The number of hydrogen-bond donors (Lipinski definition) is 2. The second-order valence-electron chi connectivity index (χ2n) is 5.93. The fourth-order valence-electron chi connectivity index (χ4n) is 2.86. The lowest BCUT2D eigenvalue weighted by Gasteiger charge is -2.22. The molecule has 1 aliphatic carbocycles. The number of aryl methyl sites for hydroxylation is 1. The van der Waals surface area contributed by atoms with Crippen LogP contribution in [0.25, 0.3) is 11.5 Å². The highest BCUT2D eigenvalue weighted by atomic mass is 16.4. The molecule has 1 heterocycles.